The number of nitrogens with zero attached hydrogens (tertiary/aromatic N) is 3. The molecule has 2 saturated heterocycles. The summed E-state index contributed by atoms with van der Waals surface area (Å²) in [5, 5.41) is 0. The first-order valence-electron chi connectivity index (χ1n) is 5.88. The molecule has 0 saturated carbocycles. The van der Waals surface area contributed by atoms with Crippen LogP contribution in [0.4, 0.5) is 20.5 Å². The third kappa shape index (κ3) is 1.61. The summed E-state index contributed by atoms with van der Waals surface area (Å²) >= 11 is 0. The van der Waals surface area contributed by atoms with Gasteiger partial charge in [-0.25, -0.2) is 13.8 Å². The second-order valence-corrected chi connectivity index (χ2v) is 4.75. The molecule has 1 atom stereocenters. The van der Waals surface area contributed by atoms with E-state index in [1.807, 2.05) is 0 Å². The average molecular weight is 256 g/mol. The van der Waals surface area contributed by atoms with Crippen molar-refractivity contribution in [1.82, 2.24) is 9.97 Å². The first-order valence-corrected chi connectivity index (χ1v) is 5.88. The summed E-state index contributed by atoms with van der Waals surface area (Å²) < 4.78 is 33.3. The van der Waals surface area contributed by atoms with E-state index in [1.54, 1.807) is 0 Å². The normalized spacial score (nSPS) is 30.2. The molecular formula is C11H14F2N4O. The lowest BCUT2D eigenvalue weighted by atomic mass is 9.81. The quantitative estimate of drug-likeness (QED) is 0.814. The molecule has 0 unspecified atom stereocenters. The van der Waals surface area contributed by atoms with Crippen LogP contribution in [0.15, 0.2) is 12.3 Å². The van der Waals surface area contributed by atoms with Gasteiger partial charge in [0.15, 0.2) is 0 Å². The van der Waals surface area contributed by atoms with Gasteiger partial charge in [0, 0.05) is 25.6 Å². The predicted octanol–water partition coefficient (Wildman–Crippen LogP) is 1.06. The Balaban J connectivity index is 1.82. The SMILES string of the molecule is Nc1ccnc(N2CC[C@]3(CCO3)C(F)(F)C2)n1. The number of nitrogen functional groups attached to an aromatic ring is 1. The van der Waals surface area contributed by atoms with Crippen LogP contribution in [0.3, 0.4) is 0 Å². The van der Waals surface area contributed by atoms with Crippen molar-refractivity contribution in [3.05, 3.63) is 12.3 Å². The molecule has 0 aromatic carbocycles. The van der Waals surface area contributed by atoms with Crippen LogP contribution < -0.4 is 10.6 Å². The Morgan fingerprint density at radius 2 is 2.17 bits per heavy atom. The molecule has 0 amide bonds. The van der Waals surface area contributed by atoms with Gasteiger partial charge in [0.25, 0.3) is 5.92 Å². The number of hydrogen-bond acceptors (Lipinski definition) is 5. The third-order valence-corrected chi connectivity index (χ3v) is 3.67. The standard InChI is InChI=1S/C11H14F2N4O/c12-11(13)7-17(5-2-10(11)3-6-18-10)9-15-4-1-8(14)16-9/h1,4H,2-3,5-7H2,(H2,14,15,16)/t10-/m0/s1. The fourth-order valence-corrected chi connectivity index (χ4v) is 2.48. The molecule has 7 heteroatoms. The van der Waals surface area contributed by atoms with E-state index in [2.05, 4.69) is 9.97 Å². The van der Waals surface area contributed by atoms with Gasteiger partial charge in [-0.05, 0) is 6.07 Å². The van der Waals surface area contributed by atoms with Crippen LogP contribution in [-0.2, 0) is 4.74 Å². The Kier molecular flexibility index (Phi) is 2.41. The van der Waals surface area contributed by atoms with Crippen LogP contribution >= 0.6 is 0 Å². The van der Waals surface area contributed by atoms with Crippen molar-refractivity contribution >= 4 is 11.8 Å². The lowest BCUT2D eigenvalue weighted by Crippen LogP contribution is -2.66. The van der Waals surface area contributed by atoms with Crippen molar-refractivity contribution in [1.29, 1.82) is 0 Å². The fourth-order valence-electron chi connectivity index (χ4n) is 2.48. The number of nitrogens with two attached hydrogens (primary N) is 1. The number of halogens is 2. The van der Waals surface area contributed by atoms with Crippen molar-refractivity contribution in [3.8, 4) is 0 Å². The minimum absolute atomic E-state index is 0.254. The van der Waals surface area contributed by atoms with Gasteiger partial charge in [0.2, 0.25) is 5.95 Å². The summed E-state index contributed by atoms with van der Waals surface area (Å²) in [6, 6.07) is 1.53. The molecular weight excluding hydrogens is 242 g/mol. The van der Waals surface area contributed by atoms with Crippen LogP contribution in [0.1, 0.15) is 12.8 Å². The number of hydrogen-bond donors (Lipinski definition) is 1. The van der Waals surface area contributed by atoms with E-state index >= 15 is 0 Å². The molecule has 2 aliphatic rings. The number of ether oxygens (including phenoxy) is 1. The Morgan fingerprint density at radius 3 is 2.72 bits per heavy atom. The fraction of sp³-hybridized carbons (Fsp3) is 0.636. The molecule has 0 bridgehead atoms. The van der Waals surface area contributed by atoms with E-state index < -0.39 is 18.1 Å². The van der Waals surface area contributed by atoms with Gasteiger partial charge in [-0.2, -0.15) is 4.98 Å². The molecule has 2 aliphatic heterocycles. The molecule has 0 aliphatic carbocycles. The number of anilines is 2. The second-order valence-electron chi connectivity index (χ2n) is 4.75. The Hall–Kier alpha value is -1.50. The summed E-state index contributed by atoms with van der Waals surface area (Å²) in [6.07, 6.45) is 2.18. The Morgan fingerprint density at radius 1 is 1.39 bits per heavy atom. The monoisotopic (exact) mass is 256 g/mol. The van der Waals surface area contributed by atoms with E-state index in [0.717, 1.165) is 0 Å². The smallest absolute Gasteiger partial charge is 0.293 e. The van der Waals surface area contributed by atoms with E-state index in [0.29, 0.717) is 19.6 Å². The summed E-state index contributed by atoms with van der Waals surface area (Å²) in [4.78, 5) is 9.42. The summed E-state index contributed by atoms with van der Waals surface area (Å²) in [7, 11) is 0. The van der Waals surface area contributed by atoms with E-state index in [9.17, 15) is 8.78 Å². The van der Waals surface area contributed by atoms with Crippen molar-refractivity contribution in [2.45, 2.75) is 24.4 Å². The molecule has 2 N–H and O–H groups in total. The zero-order valence-electron chi connectivity index (χ0n) is 9.77. The number of alkyl halides is 2. The van der Waals surface area contributed by atoms with Crippen LogP contribution in [0, 0.1) is 0 Å². The van der Waals surface area contributed by atoms with Crippen LogP contribution in [0.2, 0.25) is 0 Å². The van der Waals surface area contributed by atoms with Gasteiger partial charge in [-0.15, -0.1) is 0 Å². The van der Waals surface area contributed by atoms with Gasteiger partial charge < -0.3 is 15.4 Å². The molecule has 3 rings (SSSR count). The zero-order valence-corrected chi connectivity index (χ0v) is 9.77. The number of aromatic nitrogens is 2. The summed E-state index contributed by atoms with van der Waals surface area (Å²) in [5.74, 6) is -2.34. The van der Waals surface area contributed by atoms with Crippen molar-refractivity contribution in [2.24, 2.45) is 0 Å². The highest BCUT2D eigenvalue weighted by Crippen LogP contribution is 2.47. The maximum Gasteiger partial charge on any atom is 0.293 e. The van der Waals surface area contributed by atoms with Gasteiger partial charge in [-0.3, -0.25) is 0 Å². The number of piperidine rings is 1. The highest BCUT2D eigenvalue weighted by atomic mass is 19.3. The average Bonchev–Trinajstić information content (AvgIpc) is 2.25. The molecule has 98 valence electrons. The maximum absolute atomic E-state index is 14.1. The van der Waals surface area contributed by atoms with Gasteiger partial charge in [0.05, 0.1) is 13.2 Å². The van der Waals surface area contributed by atoms with Crippen molar-refractivity contribution in [3.63, 3.8) is 0 Å². The summed E-state index contributed by atoms with van der Waals surface area (Å²) in [6.45, 7) is 0.458. The number of rotatable bonds is 1. The summed E-state index contributed by atoms with van der Waals surface area (Å²) in [5.41, 5.74) is 4.27. The lowest BCUT2D eigenvalue weighted by Gasteiger charge is -2.52. The largest absolute Gasteiger partial charge is 0.384 e. The molecule has 1 aromatic rings. The van der Waals surface area contributed by atoms with Gasteiger partial charge >= 0.3 is 0 Å². The van der Waals surface area contributed by atoms with E-state index in [4.69, 9.17) is 10.5 Å². The van der Waals surface area contributed by atoms with Crippen LogP contribution in [0.5, 0.6) is 0 Å². The van der Waals surface area contributed by atoms with E-state index in [1.165, 1.54) is 17.2 Å². The molecule has 2 fully saturated rings. The highest BCUT2D eigenvalue weighted by molar-refractivity contribution is 5.39. The van der Waals surface area contributed by atoms with Crippen LogP contribution in [0.25, 0.3) is 0 Å². The second kappa shape index (κ2) is 3.74. The highest BCUT2D eigenvalue weighted by Gasteiger charge is 2.61. The molecule has 0 radical (unpaired) electrons. The Bertz CT molecular complexity index is 464. The first kappa shape index (κ1) is 11.6. The minimum atomic E-state index is -2.88. The molecule has 18 heavy (non-hydrogen) atoms. The predicted molar refractivity (Wildman–Crippen MR) is 61.5 cm³/mol. The third-order valence-electron chi connectivity index (χ3n) is 3.67. The lowest BCUT2D eigenvalue weighted by molar-refractivity contribution is -0.276. The first-order chi connectivity index (χ1) is 8.52. The molecule has 3 heterocycles. The molecule has 1 aromatic heterocycles. The zero-order chi connectivity index (χ0) is 12.8. The topological polar surface area (TPSA) is 64.3 Å². The molecule has 1 spiro atoms. The van der Waals surface area contributed by atoms with Gasteiger partial charge in [0.1, 0.15) is 11.4 Å². The van der Waals surface area contributed by atoms with Gasteiger partial charge in [-0.1, -0.05) is 0 Å². The van der Waals surface area contributed by atoms with Crippen molar-refractivity contribution in [2.75, 3.05) is 30.3 Å². The molecule has 5 nitrogen and oxygen atoms in total. The maximum atomic E-state index is 14.1. The Labute approximate surface area is 103 Å². The van der Waals surface area contributed by atoms with E-state index in [-0.39, 0.29) is 18.2 Å². The van der Waals surface area contributed by atoms with Crippen molar-refractivity contribution < 1.29 is 13.5 Å². The van der Waals surface area contributed by atoms with Crippen LogP contribution in [-0.4, -0.2) is 41.2 Å². The minimum Gasteiger partial charge on any atom is -0.384 e.